The minimum absolute atomic E-state index is 0.0823. The highest BCUT2D eigenvalue weighted by Crippen LogP contribution is 2.40. The number of anilines is 2. The molecule has 0 saturated heterocycles. The zero-order valence-corrected chi connectivity index (χ0v) is 23.6. The lowest BCUT2D eigenvalue weighted by Gasteiger charge is -2.17. The van der Waals surface area contributed by atoms with E-state index in [4.69, 9.17) is 15.2 Å². The summed E-state index contributed by atoms with van der Waals surface area (Å²) in [5.74, 6) is -0.330. The summed E-state index contributed by atoms with van der Waals surface area (Å²) in [6.45, 7) is 2.46. The van der Waals surface area contributed by atoms with E-state index in [0.717, 1.165) is 22.4 Å². The fraction of sp³-hybridized carbons (Fsp3) is 0.118. The molecule has 2 heterocycles. The molecule has 0 aliphatic heterocycles. The summed E-state index contributed by atoms with van der Waals surface area (Å²) in [5.41, 5.74) is 11.1. The quantitative estimate of drug-likeness (QED) is 0.174. The van der Waals surface area contributed by atoms with Crippen LogP contribution in [-0.2, 0) is 13.2 Å². The van der Waals surface area contributed by atoms with Crippen LogP contribution in [0.2, 0.25) is 0 Å². The van der Waals surface area contributed by atoms with Gasteiger partial charge in [-0.05, 0) is 47.9 Å². The van der Waals surface area contributed by atoms with Crippen molar-refractivity contribution >= 4 is 22.5 Å². The van der Waals surface area contributed by atoms with Crippen LogP contribution < -0.4 is 20.5 Å². The second-order valence-corrected chi connectivity index (χ2v) is 10.1. The van der Waals surface area contributed by atoms with Gasteiger partial charge in [-0.15, -0.1) is 0 Å². The Kier molecular flexibility index (Phi) is 7.61. The predicted octanol–water partition coefficient (Wildman–Crippen LogP) is 7.46. The number of nitrogens with zero attached hydrogens (tertiary/aromatic N) is 3. The van der Waals surface area contributed by atoms with Gasteiger partial charge in [0.15, 0.2) is 17.5 Å². The van der Waals surface area contributed by atoms with E-state index >= 15 is 8.78 Å². The van der Waals surface area contributed by atoms with E-state index in [1.807, 2.05) is 73.7 Å². The number of rotatable bonds is 9. The number of aromatic nitrogens is 3. The molecule has 7 nitrogen and oxygen atoms in total. The number of benzene rings is 4. The number of nitrogens with one attached hydrogen (secondary N) is 1. The number of halogens is 2. The Balaban J connectivity index is 1.48. The first-order valence-electron chi connectivity index (χ1n) is 13.7. The molecule has 0 spiro atoms. The van der Waals surface area contributed by atoms with E-state index in [1.54, 1.807) is 19.2 Å². The van der Waals surface area contributed by atoms with Gasteiger partial charge < -0.3 is 20.5 Å². The fourth-order valence-electron chi connectivity index (χ4n) is 5.11. The Morgan fingerprint density at radius 3 is 2.21 bits per heavy atom. The van der Waals surface area contributed by atoms with Gasteiger partial charge in [-0.2, -0.15) is 0 Å². The van der Waals surface area contributed by atoms with Crippen molar-refractivity contribution < 1.29 is 18.3 Å². The number of aryl methyl sites for hydroxylation is 1. The number of methoxy groups -OCH3 is 1. The van der Waals surface area contributed by atoms with E-state index in [1.165, 1.54) is 23.0 Å². The first-order valence-corrected chi connectivity index (χ1v) is 13.7. The molecule has 0 bridgehead atoms. The van der Waals surface area contributed by atoms with Gasteiger partial charge in [-0.25, -0.2) is 18.7 Å². The Labute approximate surface area is 247 Å². The second kappa shape index (κ2) is 11.8. The smallest absolute Gasteiger partial charge is 0.154 e. The molecule has 0 unspecified atom stereocenters. The van der Waals surface area contributed by atoms with Crippen molar-refractivity contribution in [2.75, 3.05) is 18.2 Å². The number of fused-ring (bicyclic) bond motifs is 1. The topological polar surface area (TPSA) is 87.2 Å². The minimum Gasteiger partial charge on any atom is -0.497 e. The highest BCUT2D eigenvalue weighted by atomic mass is 19.1. The summed E-state index contributed by atoms with van der Waals surface area (Å²) in [6, 6.07) is 26.5. The number of nitrogen functional groups attached to an aromatic ring is 1. The maximum absolute atomic E-state index is 16.0. The summed E-state index contributed by atoms with van der Waals surface area (Å²) in [6.07, 6.45) is 1.44. The van der Waals surface area contributed by atoms with Crippen molar-refractivity contribution in [2.45, 2.75) is 20.1 Å². The predicted molar refractivity (Wildman–Crippen MR) is 164 cm³/mol. The Morgan fingerprint density at radius 2 is 1.53 bits per heavy atom. The third-order valence-corrected chi connectivity index (χ3v) is 7.25. The number of nitrogens with two attached hydrogens (primary N) is 1. The first kappa shape index (κ1) is 27.7. The van der Waals surface area contributed by atoms with Crippen molar-refractivity contribution in [2.24, 2.45) is 0 Å². The first-order chi connectivity index (χ1) is 20.9. The Morgan fingerprint density at radius 1 is 0.837 bits per heavy atom. The van der Waals surface area contributed by atoms with Gasteiger partial charge in [-0.3, -0.25) is 4.57 Å². The highest BCUT2D eigenvalue weighted by molar-refractivity contribution is 5.97. The van der Waals surface area contributed by atoms with E-state index in [-0.39, 0.29) is 18.0 Å². The molecule has 0 aliphatic carbocycles. The van der Waals surface area contributed by atoms with Gasteiger partial charge in [0.25, 0.3) is 0 Å². The molecule has 0 amide bonds. The van der Waals surface area contributed by atoms with Crippen LogP contribution in [0.5, 0.6) is 11.5 Å². The van der Waals surface area contributed by atoms with Gasteiger partial charge >= 0.3 is 0 Å². The lowest BCUT2D eigenvalue weighted by Crippen LogP contribution is -2.08. The minimum atomic E-state index is -0.790. The van der Waals surface area contributed by atoms with Crippen molar-refractivity contribution in [3.8, 4) is 28.4 Å². The number of ether oxygens (including phenoxy) is 2. The van der Waals surface area contributed by atoms with Gasteiger partial charge in [0.05, 0.1) is 18.3 Å². The molecular formula is C34H29F2N5O2. The van der Waals surface area contributed by atoms with Crippen LogP contribution in [0.25, 0.3) is 28.0 Å². The molecule has 43 heavy (non-hydrogen) atoms. The summed E-state index contributed by atoms with van der Waals surface area (Å²) < 4.78 is 44.6. The van der Waals surface area contributed by atoms with Gasteiger partial charge in [0, 0.05) is 29.9 Å². The SMILES string of the molecule is COc1ccc(CNc2ncnc3c(C)c(-c4ccc(N)cc4)n(-c4c(F)cc(OCc5ccccc5)cc4F)c23)cc1. The average molecular weight is 578 g/mol. The average Bonchev–Trinajstić information content (AvgIpc) is 3.32. The normalized spacial score (nSPS) is 11.1. The van der Waals surface area contributed by atoms with Crippen molar-refractivity contribution in [1.82, 2.24) is 14.5 Å². The molecule has 6 aromatic rings. The molecule has 216 valence electrons. The molecule has 9 heteroatoms. The summed E-state index contributed by atoms with van der Waals surface area (Å²) in [5, 5.41) is 3.34. The summed E-state index contributed by atoms with van der Waals surface area (Å²) in [4.78, 5) is 9.01. The lowest BCUT2D eigenvalue weighted by molar-refractivity contribution is 0.302. The zero-order valence-electron chi connectivity index (χ0n) is 23.6. The maximum Gasteiger partial charge on any atom is 0.154 e. The van der Waals surface area contributed by atoms with E-state index < -0.39 is 11.6 Å². The third kappa shape index (κ3) is 5.57. The van der Waals surface area contributed by atoms with E-state index in [0.29, 0.717) is 40.3 Å². The van der Waals surface area contributed by atoms with Crippen molar-refractivity contribution in [3.05, 3.63) is 126 Å². The molecule has 0 radical (unpaired) electrons. The van der Waals surface area contributed by atoms with Crippen LogP contribution in [0.3, 0.4) is 0 Å². The van der Waals surface area contributed by atoms with Gasteiger partial charge in [0.1, 0.15) is 35.6 Å². The molecule has 3 N–H and O–H groups in total. The Bertz CT molecular complexity index is 1870. The van der Waals surface area contributed by atoms with Crippen LogP contribution in [0, 0.1) is 18.6 Å². The number of hydrogen-bond acceptors (Lipinski definition) is 6. The number of hydrogen-bond donors (Lipinski definition) is 2. The molecular weight excluding hydrogens is 548 g/mol. The zero-order chi connectivity index (χ0) is 29.9. The standard InChI is InChI=1S/C34H29F2N5O2/c1-21-30-33(34(40-20-39-30)38-18-22-8-14-26(42-2)15-9-22)41(31(21)24-10-12-25(37)13-11-24)32-28(35)16-27(17-29(32)36)43-19-23-6-4-3-5-7-23/h3-17,20H,18-19,37H2,1-2H3,(H,38,39,40). The lowest BCUT2D eigenvalue weighted by atomic mass is 10.1. The van der Waals surface area contributed by atoms with Crippen LogP contribution in [0.15, 0.2) is 97.3 Å². The van der Waals surface area contributed by atoms with Gasteiger partial charge in [0.2, 0.25) is 0 Å². The highest BCUT2D eigenvalue weighted by Gasteiger charge is 2.26. The van der Waals surface area contributed by atoms with Gasteiger partial charge in [-0.1, -0.05) is 54.6 Å². The molecule has 4 aromatic carbocycles. The third-order valence-electron chi connectivity index (χ3n) is 7.25. The largest absolute Gasteiger partial charge is 0.497 e. The summed E-state index contributed by atoms with van der Waals surface area (Å²) in [7, 11) is 1.61. The van der Waals surface area contributed by atoms with Crippen LogP contribution in [-0.4, -0.2) is 21.6 Å². The van der Waals surface area contributed by atoms with Crippen molar-refractivity contribution in [3.63, 3.8) is 0 Å². The molecule has 0 saturated carbocycles. The molecule has 2 aromatic heterocycles. The molecule has 6 rings (SSSR count). The second-order valence-electron chi connectivity index (χ2n) is 10.1. The monoisotopic (exact) mass is 577 g/mol. The van der Waals surface area contributed by atoms with E-state index in [9.17, 15) is 0 Å². The fourth-order valence-corrected chi connectivity index (χ4v) is 5.11. The molecule has 0 atom stereocenters. The van der Waals surface area contributed by atoms with Crippen LogP contribution in [0.4, 0.5) is 20.3 Å². The van der Waals surface area contributed by atoms with Crippen LogP contribution in [0.1, 0.15) is 16.7 Å². The van der Waals surface area contributed by atoms with Crippen molar-refractivity contribution in [1.29, 1.82) is 0 Å². The van der Waals surface area contributed by atoms with E-state index in [2.05, 4.69) is 15.3 Å². The summed E-state index contributed by atoms with van der Waals surface area (Å²) >= 11 is 0. The maximum atomic E-state index is 16.0. The van der Waals surface area contributed by atoms with Crippen LogP contribution >= 0.6 is 0 Å². The molecule has 0 fully saturated rings. The Hall–Kier alpha value is -5.44. The molecule has 0 aliphatic rings.